The lowest BCUT2D eigenvalue weighted by Crippen LogP contribution is -2.07. The fourth-order valence-corrected chi connectivity index (χ4v) is 2.85. The zero-order chi connectivity index (χ0) is 20.1. The van der Waals surface area contributed by atoms with Crippen molar-refractivity contribution in [2.24, 2.45) is 0 Å². The van der Waals surface area contributed by atoms with Gasteiger partial charge in [-0.2, -0.15) is 10.3 Å². The number of hydrogen-bond acceptors (Lipinski definition) is 6. The number of aryl methyl sites for hydroxylation is 1. The van der Waals surface area contributed by atoms with Crippen molar-refractivity contribution >= 4 is 5.97 Å². The van der Waals surface area contributed by atoms with Gasteiger partial charge in [-0.25, -0.2) is 4.79 Å². The zero-order valence-electron chi connectivity index (χ0n) is 16.4. The number of aromatic amines is 1. The van der Waals surface area contributed by atoms with Gasteiger partial charge in [-0.3, -0.25) is 0 Å². The third-order valence-electron chi connectivity index (χ3n) is 4.51. The van der Waals surface area contributed by atoms with Crippen molar-refractivity contribution in [2.45, 2.75) is 27.4 Å². The lowest BCUT2D eigenvalue weighted by atomic mass is 10.1. The van der Waals surface area contributed by atoms with Crippen LogP contribution in [0.1, 0.15) is 34.1 Å². The standard InChI is InChI=1S/C21H23N3O4/c1-5-27-21(25)20-19(22-24-23-20)15-9-10-18(26-4)16(11-15)12-28-17-8-6-7-13(2)14(17)3/h6-11H,5,12H2,1-4H3,(H,22,23,24). The summed E-state index contributed by atoms with van der Waals surface area (Å²) in [7, 11) is 1.61. The first-order chi connectivity index (χ1) is 13.5. The van der Waals surface area contributed by atoms with Crippen LogP contribution in [-0.2, 0) is 11.3 Å². The van der Waals surface area contributed by atoms with Crippen LogP contribution in [0.5, 0.6) is 11.5 Å². The molecular formula is C21H23N3O4. The van der Waals surface area contributed by atoms with E-state index in [9.17, 15) is 4.79 Å². The molecule has 3 rings (SSSR count). The SMILES string of the molecule is CCOC(=O)c1n[nH]nc1-c1ccc(OC)c(COc2cccc(C)c2C)c1. The van der Waals surface area contributed by atoms with Crippen molar-refractivity contribution in [3.63, 3.8) is 0 Å². The number of nitrogens with zero attached hydrogens (tertiary/aromatic N) is 2. The van der Waals surface area contributed by atoms with E-state index in [1.54, 1.807) is 14.0 Å². The number of H-pyrrole nitrogens is 1. The molecule has 0 bridgehead atoms. The molecule has 3 aromatic rings. The van der Waals surface area contributed by atoms with Crippen LogP contribution in [-0.4, -0.2) is 35.1 Å². The fourth-order valence-electron chi connectivity index (χ4n) is 2.85. The number of hydrogen-bond donors (Lipinski definition) is 1. The molecule has 2 aromatic carbocycles. The van der Waals surface area contributed by atoms with Crippen molar-refractivity contribution in [3.05, 3.63) is 58.8 Å². The molecule has 1 N–H and O–H groups in total. The molecule has 0 aliphatic rings. The summed E-state index contributed by atoms with van der Waals surface area (Å²) in [6, 6.07) is 11.5. The molecule has 0 atom stereocenters. The highest BCUT2D eigenvalue weighted by Crippen LogP contribution is 2.29. The Hall–Kier alpha value is -3.35. The Morgan fingerprint density at radius 3 is 2.68 bits per heavy atom. The third-order valence-corrected chi connectivity index (χ3v) is 4.51. The third kappa shape index (κ3) is 3.98. The van der Waals surface area contributed by atoms with Crippen molar-refractivity contribution in [1.29, 1.82) is 0 Å². The first-order valence-corrected chi connectivity index (χ1v) is 8.99. The van der Waals surface area contributed by atoms with Crippen LogP contribution in [0.2, 0.25) is 0 Å². The number of esters is 1. The molecule has 1 aromatic heterocycles. The maximum atomic E-state index is 12.1. The van der Waals surface area contributed by atoms with Crippen molar-refractivity contribution in [2.75, 3.05) is 13.7 Å². The Morgan fingerprint density at radius 2 is 1.93 bits per heavy atom. The Morgan fingerprint density at radius 1 is 1.11 bits per heavy atom. The summed E-state index contributed by atoms with van der Waals surface area (Å²) in [6.45, 7) is 6.40. The fraction of sp³-hybridized carbons (Fsp3) is 0.286. The minimum atomic E-state index is -0.518. The quantitative estimate of drug-likeness (QED) is 0.626. The van der Waals surface area contributed by atoms with Crippen LogP contribution < -0.4 is 9.47 Å². The van der Waals surface area contributed by atoms with Crippen molar-refractivity contribution in [1.82, 2.24) is 15.4 Å². The van der Waals surface area contributed by atoms with Crippen molar-refractivity contribution in [3.8, 4) is 22.8 Å². The van der Waals surface area contributed by atoms with E-state index in [4.69, 9.17) is 14.2 Å². The molecule has 0 unspecified atom stereocenters. The predicted octanol–water partition coefficient (Wildman–Crippen LogP) is 3.85. The van der Waals surface area contributed by atoms with E-state index in [0.717, 1.165) is 22.4 Å². The van der Waals surface area contributed by atoms with Gasteiger partial charge in [-0.15, -0.1) is 5.10 Å². The Bertz CT molecular complexity index is 982. The molecule has 0 fully saturated rings. The van der Waals surface area contributed by atoms with Gasteiger partial charge < -0.3 is 14.2 Å². The zero-order valence-corrected chi connectivity index (χ0v) is 16.4. The highest BCUT2D eigenvalue weighted by atomic mass is 16.5. The summed E-state index contributed by atoms with van der Waals surface area (Å²) in [4.78, 5) is 12.1. The first kappa shape index (κ1) is 19.4. The number of methoxy groups -OCH3 is 1. The van der Waals surface area contributed by atoms with Gasteiger partial charge in [0.15, 0.2) is 5.69 Å². The van der Waals surface area contributed by atoms with Crippen LogP contribution in [0.3, 0.4) is 0 Å². The monoisotopic (exact) mass is 381 g/mol. The second-order valence-electron chi connectivity index (χ2n) is 6.25. The topological polar surface area (TPSA) is 86.3 Å². The Kier molecular flexibility index (Phi) is 5.93. The average molecular weight is 381 g/mol. The molecule has 28 heavy (non-hydrogen) atoms. The van der Waals surface area contributed by atoms with E-state index in [2.05, 4.69) is 15.4 Å². The molecule has 0 saturated heterocycles. The van der Waals surface area contributed by atoms with E-state index in [1.165, 1.54) is 5.56 Å². The summed E-state index contributed by atoms with van der Waals surface area (Å²) in [6.07, 6.45) is 0. The maximum Gasteiger partial charge on any atom is 0.361 e. The van der Waals surface area contributed by atoms with Crippen LogP contribution in [0.15, 0.2) is 36.4 Å². The van der Waals surface area contributed by atoms with E-state index < -0.39 is 5.97 Å². The molecule has 0 spiro atoms. The van der Waals surface area contributed by atoms with Gasteiger partial charge in [0.05, 0.1) is 13.7 Å². The minimum Gasteiger partial charge on any atom is -0.496 e. The summed E-state index contributed by atoms with van der Waals surface area (Å²) in [5.41, 5.74) is 4.39. The van der Waals surface area contributed by atoms with Gasteiger partial charge in [0.25, 0.3) is 0 Å². The smallest absolute Gasteiger partial charge is 0.361 e. The van der Waals surface area contributed by atoms with Crippen LogP contribution >= 0.6 is 0 Å². The lowest BCUT2D eigenvalue weighted by molar-refractivity contribution is 0.0520. The highest BCUT2D eigenvalue weighted by molar-refractivity contribution is 5.94. The van der Waals surface area contributed by atoms with Crippen LogP contribution in [0, 0.1) is 13.8 Å². The molecule has 0 aliphatic heterocycles. The average Bonchev–Trinajstić information content (AvgIpc) is 3.19. The number of ether oxygens (including phenoxy) is 3. The van der Waals surface area contributed by atoms with Gasteiger partial charge in [0, 0.05) is 11.1 Å². The Balaban J connectivity index is 1.90. The molecule has 146 valence electrons. The molecule has 0 amide bonds. The number of rotatable bonds is 7. The first-order valence-electron chi connectivity index (χ1n) is 8.99. The van der Waals surface area contributed by atoms with E-state index in [-0.39, 0.29) is 12.3 Å². The molecule has 0 aliphatic carbocycles. The van der Waals surface area contributed by atoms with Gasteiger partial charge in [0.2, 0.25) is 0 Å². The predicted molar refractivity (Wildman–Crippen MR) is 105 cm³/mol. The molecule has 7 nitrogen and oxygen atoms in total. The number of aromatic nitrogens is 3. The van der Waals surface area contributed by atoms with Crippen molar-refractivity contribution < 1.29 is 19.0 Å². The number of nitrogens with one attached hydrogen (secondary N) is 1. The van der Waals surface area contributed by atoms with Gasteiger partial charge >= 0.3 is 5.97 Å². The van der Waals surface area contributed by atoms with E-state index >= 15 is 0 Å². The lowest BCUT2D eigenvalue weighted by Gasteiger charge is -2.14. The molecule has 7 heteroatoms. The normalized spacial score (nSPS) is 10.6. The maximum absolute atomic E-state index is 12.1. The summed E-state index contributed by atoms with van der Waals surface area (Å²) in [5, 5.41) is 10.5. The van der Waals surface area contributed by atoms with Crippen LogP contribution in [0.4, 0.5) is 0 Å². The van der Waals surface area contributed by atoms with Gasteiger partial charge in [0.1, 0.15) is 23.8 Å². The van der Waals surface area contributed by atoms with Gasteiger partial charge in [-0.1, -0.05) is 12.1 Å². The minimum absolute atomic E-state index is 0.147. The molecule has 0 radical (unpaired) electrons. The Labute approximate surface area is 163 Å². The van der Waals surface area contributed by atoms with E-state index in [0.29, 0.717) is 18.1 Å². The largest absolute Gasteiger partial charge is 0.496 e. The molecule has 0 saturated carbocycles. The number of carbonyl (C=O) groups is 1. The second kappa shape index (κ2) is 8.56. The van der Waals surface area contributed by atoms with E-state index in [1.807, 2.05) is 50.2 Å². The van der Waals surface area contributed by atoms with Gasteiger partial charge in [-0.05, 0) is 56.2 Å². The second-order valence-corrected chi connectivity index (χ2v) is 6.25. The molecule has 1 heterocycles. The summed E-state index contributed by atoms with van der Waals surface area (Å²) < 4.78 is 16.5. The molecular weight excluding hydrogens is 358 g/mol. The summed E-state index contributed by atoms with van der Waals surface area (Å²) >= 11 is 0. The number of carbonyl (C=O) groups excluding carboxylic acids is 1. The van der Waals surface area contributed by atoms with Crippen LogP contribution in [0.25, 0.3) is 11.3 Å². The summed E-state index contributed by atoms with van der Waals surface area (Å²) in [5.74, 6) is 0.992. The highest BCUT2D eigenvalue weighted by Gasteiger charge is 2.20. The number of benzene rings is 2.